The minimum Gasteiger partial charge on any atom is -0.481 e. The monoisotopic (exact) mass is 215 g/mol. The summed E-state index contributed by atoms with van der Waals surface area (Å²) in [5, 5.41) is 9.19. The number of aliphatic carboxylic acids is 1. The minimum atomic E-state index is -0.809. The molecule has 0 aromatic rings. The maximum absolute atomic E-state index is 11.2. The number of amides is 1. The van der Waals surface area contributed by atoms with E-state index in [4.69, 9.17) is 0 Å². The first kappa shape index (κ1) is 11.8. The summed E-state index contributed by atoms with van der Waals surface area (Å²) >= 11 is 0. The van der Waals surface area contributed by atoms with Gasteiger partial charge in [-0.1, -0.05) is 13.3 Å². The van der Waals surface area contributed by atoms with Gasteiger partial charge in [-0.2, -0.15) is 0 Å². The molecule has 0 spiro atoms. The molecule has 86 valence electrons. The van der Waals surface area contributed by atoms with Crippen molar-refractivity contribution in [2.45, 2.75) is 26.2 Å². The van der Waals surface area contributed by atoms with Crippen molar-refractivity contribution in [3.63, 3.8) is 0 Å². The van der Waals surface area contributed by atoms with Crippen LogP contribution in [0.2, 0.25) is 0 Å². The molecule has 1 heterocycles. The van der Waals surface area contributed by atoms with Crippen molar-refractivity contribution in [3.05, 3.63) is 0 Å². The van der Waals surface area contributed by atoms with Crippen LogP contribution in [0.3, 0.4) is 0 Å². The van der Waals surface area contributed by atoms with Gasteiger partial charge < -0.3 is 14.7 Å². The van der Waals surface area contributed by atoms with E-state index < -0.39 is 17.5 Å². The fourth-order valence-electron chi connectivity index (χ4n) is 2.12. The van der Waals surface area contributed by atoms with E-state index in [2.05, 4.69) is 4.74 Å². The zero-order chi connectivity index (χ0) is 11.5. The molecule has 0 saturated carbocycles. The van der Waals surface area contributed by atoms with Gasteiger partial charge in [0.2, 0.25) is 0 Å². The Morgan fingerprint density at radius 3 is 2.67 bits per heavy atom. The zero-order valence-electron chi connectivity index (χ0n) is 9.15. The fraction of sp³-hybridized carbons (Fsp3) is 0.800. The second-order valence-corrected chi connectivity index (χ2v) is 3.98. The van der Waals surface area contributed by atoms with Crippen LogP contribution in [0.4, 0.5) is 4.79 Å². The summed E-state index contributed by atoms with van der Waals surface area (Å²) in [7, 11) is 1.31. The molecule has 1 amide bonds. The van der Waals surface area contributed by atoms with E-state index >= 15 is 0 Å². The Hall–Kier alpha value is -1.26. The van der Waals surface area contributed by atoms with E-state index in [9.17, 15) is 14.7 Å². The Bertz CT molecular complexity index is 266. The van der Waals surface area contributed by atoms with Gasteiger partial charge in [-0.3, -0.25) is 4.79 Å². The first-order valence-corrected chi connectivity index (χ1v) is 5.12. The summed E-state index contributed by atoms with van der Waals surface area (Å²) in [6.45, 7) is 2.69. The number of rotatable bonds is 3. The summed E-state index contributed by atoms with van der Waals surface area (Å²) < 4.78 is 4.58. The largest absolute Gasteiger partial charge is 0.481 e. The van der Waals surface area contributed by atoms with Crippen LogP contribution < -0.4 is 0 Å². The van der Waals surface area contributed by atoms with Crippen LogP contribution in [0, 0.1) is 5.41 Å². The van der Waals surface area contributed by atoms with Gasteiger partial charge in [-0.05, 0) is 12.8 Å². The van der Waals surface area contributed by atoms with Crippen molar-refractivity contribution in [3.8, 4) is 0 Å². The molecule has 1 fully saturated rings. The highest BCUT2D eigenvalue weighted by Crippen LogP contribution is 2.35. The zero-order valence-corrected chi connectivity index (χ0v) is 9.15. The third-order valence-corrected chi connectivity index (χ3v) is 2.97. The fourth-order valence-corrected chi connectivity index (χ4v) is 2.12. The Balaban J connectivity index is 2.72. The molecule has 0 aromatic heterocycles. The number of carbonyl (C=O) groups is 2. The highest BCUT2D eigenvalue weighted by atomic mass is 16.5. The lowest BCUT2D eigenvalue weighted by Crippen LogP contribution is -2.36. The molecule has 1 saturated heterocycles. The van der Waals surface area contributed by atoms with Crippen LogP contribution >= 0.6 is 0 Å². The average Bonchev–Trinajstić information content (AvgIpc) is 2.63. The Morgan fingerprint density at radius 2 is 2.20 bits per heavy atom. The van der Waals surface area contributed by atoms with Gasteiger partial charge >= 0.3 is 12.1 Å². The van der Waals surface area contributed by atoms with E-state index in [0.29, 0.717) is 19.4 Å². The van der Waals surface area contributed by atoms with E-state index in [1.807, 2.05) is 6.92 Å². The topological polar surface area (TPSA) is 66.8 Å². The molecule has 1 atom stereocenters. The molecule has 1 aliphatic heterocycles. The van der Waals surface area contributed by atoms with Crippen LogP contribution in [-0.2, 0) is 9.53 Å². The first-order chi connectivity index (χ1) is 7.05. The number of likely N-dealkylation sites (tertiary alicyclic amines) is 1. The Labute approximate surface area is 89.0 Å². The molecule has 1 rings (SSSR count). The smallest absolute Gasteiger partial charge is 0.409 e. The lowest BCUT2D eigenvalue weighted by Gasteiger charge is -2.23. The molecule has 0 aliphatic carbocycles. The molecule has 0 aromatic carbocycles. The normalized spacial score (nSPS) is 25.3. The summed E-state index contributed by atoms with van der Waals surface area (Å²) in [5.41, 5.74) is -0.761. The van der Waals surface area contributed by atoms with Gasteiger partial charge in [0.15, 0.2) is 0 Å². The van der Waals surface area contributed by atoms with Crippen molar-refractivity contribution >= 4 is 12.1 Å². The molecule has 0 radical (unpaired) electrons. The molecule has 15 heavy (non-hydrogen) atoms. The Morgan fingerprint density at radius 1 is 1.53 bits per heavy atom. The summed E-state index contributed by atoms with van der Waals surface area (Å²) in [6, 6.07) is 0. The molecular formula is C10H17NO4. The van der Waals surface area contributed by atoms with Gasteiger partial charge in [-0.25, -0.2) is 4.79 Å². The van der Waals surface area contributed by atoms with Crippen molar-refractivity contribution < 1.29 is 19.4 Å². The van der Waals surface area contributed by atoms with E-state index in [1.165, 1.54) is 12.0 Å². The molecular weight excluding hydrogens is 198 g/mol. The molecule has 5 heteroatoms. The maximum atomic E-state index is 11.2. The standard InChI is InChI=1S/C10H17NO4/c1-3-4-10(8(12)13)5-6-11(7-10)9(14)15-2/h3-7H2,1-2H3,(H,12,13). The van der Waals surface area contributed by atoms with Gasteiger partial charge in [0.25, 0.3) is 0 Å². The van der Waals surface area contributed by atoms with Crippen LogP contribution in [-0.4, -0.2) is 42.3 Å². The van der Waals surface area contributed by atoms with Crippen LogP contribution in [0.1, 0.15) is 26.2 Å². The lowest BCUT2D eigenvalue weighted by molar-refractivity contribution is -0.148. The van der Waals surface area contributed by atoms with Gasteiger partial charge in [0, 0.05) is 13.1 Å². The summed E-state index contributed by atoms with van der Waals surface area (Å²) in [5.74, 6) is -0.809. The van der Waals surface area contributed by atoms with Crippen molar-refractivity contribution in [1.82, 2.24) is 4.90 Å². The predicted molar refractivity (Wildman–Crippen MR) is 53.6 cm³/mol. The number of ether oxygens (including phenoxy) is 1. The average molecular weight is 215 g/mol. The maximum Gasteiger partial charge on any atom is 0.409 e. The first-order valence-electron chi connectivity index (χ1n) is 5.12. The summed E-state index contributed by atoms with van der Waals surface area (Å²) in [4.78, 5) is 23.9. The number of carboxylic acid groups (broad SMARTS) is 1. The van der Waals surface area contributed by atoms with Crippen molar-refractivity contribution in [2.24, 2.45) is 5.41 Å². The molecule has 1 N–H and O–H groups in total. The number of hydrogen-bond donors (Lipinski definition) is 1. The quantitative estimate of drug-likeness (QED) is 0.771. The third kappa shape index (κ3) is 2.22. The van der Waals surface area contributed by atoms with Crippen LogP contribution in [0.5, 0.6) is 0 Å². The number of hydrogen-bond acceptors (Lipinski definition) is 3. The van der Waals surface area contributed by atoms with Gasteiger partial charge in [0.05, 0.1) is 12.5 Å². The Kier molecular flexibility index (Phi) is 3.55. The van der Waals surface area contributed by atoms with E-state index in [-0.39, 0.29) is 6.54 Å². The second-order valence-electron chi connectivity index (χ2n) is 3.98. The SMILES string of the molecule is CCCC1(C(=O)O)CCN(C(=O)OC)C1. The highest BCUT2D eigenvalue weighted by molar-refractivity contribution is 5.77. The molecule has 1 unspecified atom stereocenters. The van der Waals surface area contributed by atoms with Crippen LogP contribution in [0.25, 0.3) is 0 Å². The summed E-state index contributed by atoms with van der Waals surface area (Å²) in [6.07, 6.45) is 1.50. The molecule has 5 nitrogen and oxygen atoms in total. The van der Waals surface area contributed by atoms with Crippen molar-refractivity contribution in [1.29, 1.82) is 0 Å². The number of carboxylic acids is 1. The number of carbonyl (C=O) groups excluding carboxylic acids is 1. The molecule has 1 aliphatic rings. The lowest BCUT2D eigenvalue weighted by atomic mass is 9.83. The van der Waals surface area contributed by atoms with E-state index in [0.717, 1.165) is 6.42 Å². The van der Waals surface area contributed by atoms with E-state index in [1.54, 1.807) is 0 Å². The van der Waals surface area contributed by atoms with Crippen molar-refractivity contribution in [2.75, 3.05) is 20.2 Å². The second kappa shape index (κ2) is 4.51. The predicted octanol–water partition coefficient (Wildman–Crippen LogP) is 1.33. The number of methoxy groups -OCH3 is 1. The number of nitrogens with zero attached hydrogens (tertiary/aromatic N) is 1. The highest BCUT2D eigenvalue weighted by Gasteiger charge is 2.45. The third-order valence-electron chi connectivity index (χ3n) is 2.97. The van der Waals surface area contributed by atoms with Gasteiger partial charge in [0.1, 0.15) is 0 Å². The molecule has 0 bridgehead atoms. The minimum absolute atomic E-state index is 0.267. The van der Waals surface area contributed by atoms with Crippen LogP contribution in [0.15, 0.2) is 0 Å². The van der Waals surface area contributed by atoms with Gasteiger partial charge in [-0.15, -0.1) is 0 Å².